The van der Waals surface area contributed by atoms with E-state index in [1.165, 1.54) is 18.4 Å². The predicted molar refractivity (Wildman–Crippen MR) is 127 cm³/mol. The van der Waals surface area contributed by atoms with E-state index in [4.69, 9.17) is 4.74 Å². The van der Waals surface area contributed by atoms with E-state index in [9.17, 15) is 8.42 Å². The first-order chi connectivity index (χ1) is 13.3. The second-order valence-electron chi connectivity index (χ2n) is 7.00. The SMILES string of the molecule is CCNC(=NCc1ccc(S(=O)(=O)N(C)C)cc1)NCC(C)N1CCOCC1.I. The molecule has 1 aliphatic rings. The van der Waals surface area contributed by atoms with Gasteiger partial charge >= 0.3 is 0 Å². The third kappa shape index (κ3) is 8.00. The number of hydrogen-bond donors (Lipinski definition) is 2. The molecule has 1 saturated heterocycles. The maximum absolute atomic E-state index is 12.1. The van der Waals surface area contributed by atoms with Crippen molar-refractivity contribution in [3.63, 3.8) is 0 Å². The number of nitrogens with one attached hydrogen (secondary N) is 2. The Kier molecular flexibility index (Phi) is 11.4. The van der Waals surface area contributed by atoms with Gasteiger partial charge in [0.1, 0.15) is 0 Å². The van der Waals surface area contributed by atoms with Gasteiger partial charge in [0, 0.05) is 46.3 Å². The molecule has 0 aromatic heterocycles. The molecule has 0 spiro atoms. The zero-order chi connectivity index (χ0) is 20.6. The minimum atomic E-state index is -3.40. The summed E-state index contributed by atoms with van der Waals surface area (Å²) in [7, 11) is -0.348. The Bertz CT molecular complexity index is 735. The minimum absolute atomic E-state index is 0. The molecule has 10 heteroatoms. The summed E-state index contributed by atoms with van der Waals surface area (Å²) in [5.74, 6) is 0.757. The zero-order valence-corrected chi connectivity index (χ0v) is 20.9. The second-order valence-corrected chi connectivity index (χ2v) is 9.16. The van der Waals surface area contributed by atoms with Gasteiger partial charge in [-0.3, -0.25) is 4.90 Å². The zero-order valence-electron chi connectivity index (χ0n) is 17.7. The van der Waals surface area contributed by atoms with Crippen LogP contribution in [-0.4, -0.2) is 83.1 Å². The lowest BCUT2D eigenvalue weighted by Gasteiger charge is -2.32. The largest absolute Gasteiger partial charge is 0.379 e. The van der Waals surface area contributed by atoms with Crippen molar-refractivity contribution in [2.75, 3.05) is 53.5 Å². The van der Waals surface area contributed by atoms with Crippen molar-refractivity contribution in [3.8, 4) is 0 Å². The van der Waals surface area contributed by atoms with Crippen molar-refractivity contribution in [2.24, 2.45) is 4.99 Å². The number of hydrogen-bond acceptors (Lipinski definition) is 5. The summed E-state index contributed by atoms with van der Waals surface area (Å²) in [5.41, 5.74) is 0.955. The van der Waals surface area contributed by atoms with Crippen molar-refractivity contribution in [3.05, 3.63) is 29.8 Å². The fraction of sp³-hybridized carbons (Fsp3) is 0.632. The van der Waals surface area contributed by atoms with E-state index in [1.807, 2.05) is 6.92 Å². The van der Waals surface area contributed by atoms with Crippen LogP contribution >= 0.6 is 24.0 Å². The summed E-state index contributed by atoms with van der Waals surface area (Å²) >= 11 is 0. The summed E-state index contributed by atoms with van der Waals surface area (Å²) in [6.45, 7) is 9.77. The molecule has 0 radical (unpaired) electrons. The van der Waals surface area contributed by atoms with E-state index in [0.29, 0.717) is 12.6 Å². The van der Waals surface area contributed by atoms with Gasteiger partial charge in [-0.2, -0.15) is 0 Å². The number of nitrogens with zero attached hydrogens (tertiary/aromatic N) is 3. The maximum Gasteiger partial charge on any atom is 0.242 e. The van der Waals surface area contributed by atoms with Gasteiger partial charge in [0.2, 0.25) is 10.0 Å². The van der Waals surface area contributed by atoms with Crippen LogP contribution in [-0.2, 0) is 21.3 Å². The second kappa shape index (κ2) is 12.7. The molecule has 166 valence electrons. The number of rotatable bonds is 8. The van der Waals surface area contributed by atoms with Gasteiger partial charge in [0.15, 0.2) is 5.96 Å². The van der Waals surface area contributed by atoms with Crippen LogP contribution in [0.25, 0.3) is 0 Å². The molecule has 0 aliphatic carbocycles. The van der Waals surface area contributed by atoms with Gasteiger partial charge in [0.05, 0.1) is 24.7 Å². The lowest BCUT2D eigenvalue weighted by Crippen LogP contribution is -2.49. The van der Waals surface area contributed by atoms with Crippen LogP contribution < -0.4 is 10.6 Å². The third-order valence-electron chi connectivity index (χ3n) is 4.70. The van der Waals surface area contributed by atoms with Gasteiger partial charge in [0.25, 0.3) is 0 Å². The molecule has 8 nitrogen and oxygen atoms in total. The molecule has 0 bridgehead atoms. The van der Waals surface area contributed by atoms with Crippen LogP contribution in [0, 0.1) is 0 Å². The summed E-state index contributed by atoms with van der Waals surface area (Å²) in [4.78, 5) is 7.31. The van der Waals surface area contributed by atoms with Crippen LogP contribution in [0.1, 0.15) is 19.4 Å². The van der Waals surface area contributed by atoms with E-state index in [1.54, 1.807) is 24.3 Å². The third-order valence-corrected chi connectivity index (χ3v) is 6.53. The molecule has 0 amide bonds. The highest BCUT2D eigenvalue weighted by Crippen LogP contribution is 2.14. The molecule has 29 heavy (non-hydrogen) atoms. The van der Waals surface area contributed by atoms with Crippen molar-refractivity contribution >= 4 is 40.0 Å². The predicted octanol–water partition coefficient (Wildman–Crippen LogP) is 1.33. The lowest BCUT2D eigenvalue weighted by atomic mass is 10.2. The fourth-order valence-corrected chi connectivity index (χ4v) is 3.78. The van der Waals surface area contributed by atoms with Crippen LogP contribution in [0.15, 0.2) is 34.2 Å². The Hall–Kier alpha value is -0.950. The highest BCUT2D eigenvalue weighted by atomic mass is 127. The smallest absolute Gasteiger partial charge is 0.242 e. The first kappa shape index (κ1) is 26.1. The molecule has 2 rings (SSSR count). The first-order valence-electron chi connectivity index (χ1n) is 9.70. The van der Waals surface area contributed by atoms with Crippen LogP contribution in [0.3, 0.4) is 0 Å². The number of ether oxygens (including phenoxy) is 1. The van der Waals surface area contributed by atoms with Crippen LogP contribution in [0.5, 0.6) is 0 Å². The topological polar surface area (TPSA) is 86.3 Å². The number of sulfonamides is 1. The van der Waals surface area contributed by atoms with Crippen molar-refractivity contribution in [1.82, 2.24) is 19.8 Å². The number of halogens is 1. The van der Waals surface area contributed by atoms with Gasteiger partial charge in [-0.05, 0) is 31.5 Å². The normalized spacial score (nSPS) is 16.9. The molecule has 1 fully saturated rings. The summed E-state index contributed by atoms with van der Waals surface area (Å²) < 4.78 is 30.9. The van der Waals surface area contributed by atoms with Crippen molar-refractivity contribution in [1.29, 1.82) is 0 Å². The number of guanidine groups is 1. The molecule has 2 N–H and O–H groups in total. The summed E-state index contributed by atoms with van der Waals surface area (Å²) in [6.07, 6.45) is 0. The highest BCUT2D eigenvalue weighted by molar-refractivity contribution is 14.0. The Labute approximate surface area is 192 Å². The van der Waals surface area contributed by atoms with Crippen molar-refractivity contribution < 1.29 is 13.2 Å². The lowest BCUT2D eigenvalue weighted by molar-refractivity contribution is 0.0211. The van der Waals surface area contributed by atoms with Gasteiger partial charge in [-0.1, -0.05) is 12.1 Å². The monoisotopic (exact) mass is 539 g/mol. The van der Waals surface area contributed by atoms with Gasteiger partial charge in [-0.15, -0.1) is 24.0 Å². The summed E-state index contributed by atoms with van der Waals surface area (Å²) in [6, 6.07) is 7.25. The molecule has 1 unspecified atom stereocenters. The van der Waals surface area contributed by atoms with E-state index in [2.05, 4.69) is 27.4 Å². The van der Waals surface area contributed by atoms with Crippen LogP contribution in [0.2, 0.25) is 0 Å². The Balaban J connectivity index is 0.00000420. The number of morpholine rings is 1. The van der Waals surface area contributed by atoms with E-state index < -0.39 is 10.0 Å². The molecular formula is C19H34IN5O3S. The molecule has 1 aromatic carbocycles. The minimum Gasteiger partial charge on any atom is -0.379 e. The quantitative estimate of drug-likeness (QED) is 0.295. The standard InChI is InChI=1S/C19H33N5O3S.HI/c1-5-20-19(21-14-16(2)24-10-12-27-13-11-24)22-15-17-6-8-18(9-7-17)28(25,26)23(3)4;/h6-9,16H,5,10-15H2,1-4H3,(H2,20,21,22);1H. The van der Waals surface area contributed by atoms with E-state index in [-0.39, 0.29) is 28.9 Å². The van der Waals surface area contributed by atoms with Gasteiger partial charge in [-0.25, -0.2) is 17.7 Å². The average Bonchev–Trinajstić information content (AvgIpc) is 2.70. The molecular weight excluding hydrogens is 505 g/mol. The number of benzene rings is 1. The summed E-state index contributed by atoms with van der Waals surface area (Å²) in [5, 5.41) is 6.65. The maximum atomic E-state index is 12.1. The Morgan fingerprint density at radius 3 is 2.38 bits per heavy atom. The Morgan fingerprint density at radius 1 is 1.21 bits per heavy atom. The molecule has 1 heterocycles. The molecule has 1 aromatic rings. The molecule has 1 atom stereocenters. The number of aliphatic imine (C=N–C) groups is 1. The fourth-order valence-electron chi connectivity index (χ4n) is 2.88. The molecule has 1 aliphatic heterocycles. The first-order valence-corrected chi connectivity index (χ1v) is 11.1. The average molecular weight is 539 g/mol. The van der Waals surface area contributed by atoms with E-state index >= 15 is 0 Å². The van der Waals surface area contributed by atoms with E-state index in [0.717, 1.165) is 50.9 Å². The molecule has 0 saturated carbocycles. The van der Waals surface area contributed by atoms with Crippen LogP contribution in [0.4, 0.5) is 0 Å². The Morgan fingerprint density at radius 2 is 1.83 bits per heavy atom. The van der Waals surface area contributed by atoms with Gasteiger partial charge < -0.3 is 15.4 Å². The van der Waals surface area contributed by atoms with Crippen molar-refractivity contribution in [2.45, 2.75) is 31.3 Å². The highest BCUT2D eigenvalue weighted by Gasteiger charge is 2.18.